The Morgan fingerprint density at radius 1 is 1.67 bits per heavy atom. The summed E-state index contributed by atoms with van der Waals surface area (Å²) in [5.74, 6) is 0. The molecule has 0 saturated carbocycles. The lowest BCUT2D eigenvalue weighted by Gasteiger charge is -1.82. The van der Waals surface area contributed by atoms with Crippen LogP contribution in [0.3, 0.4) is 0 Å². The van der Waals surface area contributed by atoms with Crippen molar-refractivity contribution in [2.45, 2.75) is 19.8 Å². The van der Waals surface area contributed by atoms with Crippen LogP contribution in [-0.4, -0.2) is 13.3 Å². The zero-order valence-electron chi connectivity index (χ0n) is 4.15. The Bertz CT molecular complexity index is 32.9. The Morgan fingerprint density at radius 3 is 2.50 bits per heavy atom. The molecule has 1 radical (unpaired) electrons. The maximum absolute atomic E-state index is 4.84. The summed E-state index contributed by atoms with van der Waals surface area (Å²) in [6.45, 7) is 7.77. The van der Waals surface area contributed by atoms with Crippen LogP contribution in [0.4, 0.5) is 0 Å². The first kappa shape index (κ1) is 5.67. The van der Waals surface area contributed by atoms with Gasteiger partial charge >= 0.3 is 0 Å². The predicted molar refractivity (Wildman–Crippen MR) is 28.3 cm³/mol. The van der Waals surface area contributed by atoms with Crippen molar-refractivity contribution >= 4 is 6.72 Å². The van der Waals surface area contributed by atoms with Crippen molar-refractivity contribution in [3.05, 3.63) is 0 Å². The summed E-state index contributed by atoms with van der Waals surface area (Å²) in [4.78, 5) is 3.43. The molecule has 1 nitrogen and oxygen atoms in total. The zero-order valence-corrected chi connectivity index (χ0v) is 4.15. The third kappa shape index (κ3) is 3.67. The second-order valence-corrected chi connectivity index (χ2v) is 1.26. The Hall–Kier alpha value is -0.330. The highest BCUT2D eigenvalue weighted by Crippen LogP contribution is 1.83. The third-order valence-corrected chi connectivity index (χ3v) is 0.641. The van der Waals surface area contributed by atoms with Crippen LogP contribution in [0.25, 0.3) is 0 Å². The van der Waals surface area contributed by atoms with E-state index in [0.717, 1.165) is 13.0 Å². The van der Waals surface area contributed by atoms with Gasteiger partial charge in [0.05, 0.1) is 0 Å². The van der Waals surface area contributed by atoms with Crippen LogP contribution in [0.15, 0.2) is 4.99 Å². The molecule has 0 unspecified atom stereocenters. The standard InChI is InChI=1S/C5H10N/c1-3-4-5-6-2/h2H,3-5H2,1H3. The largest absolute Gasteiger partial charge is 0.292 e. The quantitative estimate of drug-likeness (QED) is 0.361. The number of nitrogens with zero attached hydrogens (tertiary/aromatic N) is 1. The van der Waals surface area contributed by atoms with Crippen molar-refractivity contribution in [1.82, 2.24) is 0 Å². The fourth-order valence-electron chi connectivity index (χ4n) is 0.249. The van der Waals surface area contributed by atoms with Gasteiger partial charge in [-0.15, -0.1) is 0 Å². The molecule has 0 aliphatic carbocycles. The van der Waals surface area contributed by atoms with Gasteiger partial charge in [0, 0.05) is 13.3 Å². The van der Waals surface area contributed by atoms with Gasteiger partial charge in [-0.05, 0) is 6.42 Å². The van der Waals surface area contributed by atoms with Gasteiger partial charge in [-0.25, -0.2) is 0 Å². The van der Waals surface area contributed by atoms with Crippen LogP contribution in [0, 0.1) is 0 Å². The number of hydrogen-bond donors (Lipinski definition) is 0. The van der Waals surface area contributed by atoms with Crippen molar-refractivity contribution in [1.29, 1.82) is 0 Å². The first-order chi connectivity index (χ1) is 2.91. The summed E-state index contributed by atoms with van der Waals surface area (Å²) in [6, 6.07) is 0. The SMILES string of the molecule is [CH]=NCCCC. The molecule has 0 N–H and O–H groups in total. The molecule has 0 aliphatic heterocycles. The van der Waals surface area contributed by atoms with Crippen molar-refractivity contribution in [2.24, 2.45) is 4.99 Å². The Labute approximate surface area is 39.1 Å². The summed E-state index contributed by atoms with van der Waals surface area (Å²) < 4.78 is 0. The second kappa shape index (κ2) is 4.67. The minimum absolute atomic E-state index is 0.816. The zero-order chi connectivity index (χ0) is 4.83. The summed E-state index contributed by atoms with van der Waals surface area (Å²) in [7, 11) is 0. The van der Waals surface area contributed by atoms with Crippen LogP contribution < -0.4 is 0 Å². The molecule has 6 heavy (non-hydrogen) atoms. The molecule has 0 aromatic rings. The minimum atomic E-state index is 0.816. The molecule has 0 aliphatic rings. The molecule has 0 spiro atoms. The highest BCUT2D eigenvalue weighted by Gasteiger charge is 1.72. The number of rotatable bonds is 3. The molecule has 0 amide bonds. The van der Waals surface area contributed by atoms with Crippen LogP contribution in [0.2, 0.25) is 0 Å². The average Bonchev–Trinajstić information content (AvgIpc) is 1.61. The Balaban J connectivity index is 2.49. The lowest BCUT2D eigenvalue weighted by molar-refractivity contribution is 0.811. The van der Waals surface area contributed by atoms with Crippen LogP contribution in [-0.2, 0) is 0 Å². The molecule has 0 saturated heterocycles. The molecule has 0 aromatic carbocycles. The molecule has 0 fully saturated rings. The predicted octanol–water partition coefficient (Wildman–Crippen LogP) is 1.36. The van der Waals surface area contributed by atoms with Gasteiger partial charge < -0.3 is 0 Å². The molecule has 1 heteroatoms. The topological polar surface area (TPSA) is 12.4 Å². The third-order valence-electron chi connectivity index (χ3n) is 0.641. The van der Waals surface area contributed by atoms with Gasteiger partial charge in [0.15, 0.2) is 0 Å². The summed E-state index contributed by atoms with van der Waals surface area (Å²) >= 11 is 0. The van der Waals surface area contributed by atoms with E-state index in [-0.39, 0.29) is 0 Å². The van der Waals surface area contributed by atoms with Crippen molar-refractivity contribution in [3.63, 3.8) is 0 Å². The molecule has 0 aromatic heterocycles. The molecule has 35 valence electrons. The monoisotopic (exact) mass is 84.1 g/mol. The maximum Gasteiger partial charge on any atom is 0.0390 e. The molecule has 0 bridgehead atoms. The van der Waals surface area contributed by atoms with E-state index >= 15 is 0 Å². The molecular formula is C5H10N. The van der Waals surface area contributed by atoms with E-state index in [4.69, 9.17) is 6.72 Å². The number of hydrogen-bond acceptors (Lipinski definition) is 1. The minimum Gasteiger partial charge on any atom is -0.292 e. The fraction of sp³-hybridized carbons (Fsp3) is 0.800. The van der Waals surface area contributed by atoms with Crippen molar-refractivity contribution < 1.29 is 0 Å². The van der Waals surface area contributed by atoms with Gasteiger partial charge in [-0.2, -0.15) is 0 Å². The molecular weight excluding hydrogens is 74.1 g/mol. The van der Waals surface area contributed by atoms with E-state index in [1.165, 1.54) is 6.42 Å². The molecule has 0 atom stereocenters. The maximum atomic E-state index is 4.84. The Morgan fingerprint density at radius 2 is 2.33 bits per heavy atom. The van der Waals surface area contributed by atoms with E-state index in [0.29, 0.717) is 0 Å². The van der Waals surface area contributed by atoms with Gasteiger partial charge in [0.1, 0.15) is 0 Å². The van der Waals surface area contributed by atoms with Crippen LogP contribution >= 0.6 is 0 Å². The summed E-state index contributed by atoms with van der Waals surface area (Å²) in [5.41, 5.74) is 0. The van der Waals surface area contributed by atoms with E-state index in [1.54, 1.807) is 0 Å². The van der Waals surface area contributed by atoms with Gasteiger partial charge in [0.2, 0.25) is 0 Å². The smallest absolute Gasteiger partial charge is 0.0390 e. The van der Waals surface area contributed by atoms with E-state index in [9.17, 15) is 0 Å². The van der Waals surface area contributed by atoms with Gasteiger partial charge in [-0.3, -0.25) is 4.99 Å². The highest BCUT2D eigenvalue weighted by atomic mass is 14.7. The second-order valence-electron chi connectivity index (χ2n) is 1.26. The molecule has 0 rings (SSSR count). The average molecular weight is 84.1 g/mol. The lowest BCUT2D eigenvalue weighted by atomic mass is 10.3. The molecule has 0 heterocycles. The normalized spacial score (nSPS) is 8.17. The van der Waals surface area contributed by atoms with Crippen molar-refractivity contribution in [3.8, 4) is 0 Å². The van der Waals surface area contributed by atoms with E-state index in [1.807, 2.05) is 0 Å². The lowest BCUT2D eigenvalue weighted by Crippen LogP contribution is -1.73. The van der Waals surface area contributed by atoms with Gasteiger partial charge in [-0.1, -0.05) is 13.3 Å². The van der Waals surface area contributed by atoms with Crippen molar-refractivity contribution in [2.75, 3.05) is 6.54 Å². The summed E-state index contributed by atoms with van der Waals surface area (Å²) in [6.07, 6.45) is 2.30. The highest BCUT2D eigenvalue weighted by molar-refractivity contribution is 5.22. The first-order valence-electron chi connectivity index (χ1n) is 2.28. The van der Waals surface area contributed by atoms with Crippen LogP contribution in [0.1, 0.15) is 19.8 Å². The van der Waals surface area contributed by atoms with E-state index in [2.05, 4.69) is 11.9 Å². The number of aliphatic imine (C=N–C) groups is 1. The van der Waals surface area contributed by atoms with Crippen LogP contribution in [0.5, 0.6) is 0 Å². The van der Waals surface area contributed by atoms with E-state index < -0.39 is 0 Å². The first-order valence-corrected chi connectivity index (χ1v) is 2.28. The number of unbranched alkanes of at least 4 members (excludes halogenated alkanes) is 1. The van der Waals surface area contributed by atoms with Gasteiger partial charge in [0.25, 0.3) is 0 Å². The summed E-state index contributed by atoms with van der Waals surface area (Å²) in [5, 5.41) is 0. The Kier molecular flexibility index (Phi) is 4.41. The fourth-order valence-corrected chi connectivity index (χ4v) is 0.249.